The molecule has 0 spiro atoms. The van der Waals surface area contributed by atoms with Gasteiger partial charge in [-0.2, -0.15) is 0 Å². The number of ether oxygens (including phenoxy) is 2. The number of nitrogens with zero attached hydrogens (tertiary/aromatic N) is 1. The molecular formula is C16H20FIN2O5. The van der Waals surface area contributed by atoms with Gasteiger partial charge >= 0.3 is 6.09 Å². The van der Waals surface area contributed by atoms with Gasteiger partial charge in [0.2, 0.25) is 0 Å². The first-order valence-corrected chi connectivity index (χ1v) is 9.29. The molecule has 0 unspecified atom stereocenters. The third-order valence-corrected chi connectivity index (χ3v) is 5.14. The van der Waals surface area contributed by atoms with Crippen molar-refractivity contribution in [3.63, 3.8) is 0 Å². The fourth-order valence-electron chi connectivity index (χ4n) is 2.94. The second-order valence-corrected chi connectivity index (χ2v) is 7.58. The fraction of sp³-hybridized carbons (Fsp3) is 0.562. The second kappa shape index (κ2) is 7.60. The molecule has 0 saturated carbocycles. The van der Waals surface area contributed by atoms with Crippen LogP contribution >= 0.6 is 22.6 Å². The van der Waals surface area contributed by atoms with Gasteiger partial charge in [-0.3, -0.25) is 4.90 Å². The number of amides is 1. The zero-order valence-electron chi connectivity index (χ0n) is 13.5. The monoisotopic (exact) mass is 466 g/mol. The van der Waals surface area contributed by atoms with Gasteiger partial charge in [-0.1, -0.05) is 0 Å². The average Bonchev–Trinajstić information content (AvgIpc) is 2.90. The molecule has 1 amide bonds. The van der Waals surface area contributed by atoms with E-state index in [2.05, 4.69) is 5.32 Å². The van der Waals surface area contributed by atoms with E-state index in [0.717, 1.165) is 0 Å². The van der Waals surface area contributed by atoms with Crippen LogP contribution in [-0.2, 0) is 4.74 Å². The van der Waals surface area contributed by atoms with Gasteiger partial charge in [-0.15, -0.1) is 0 Å². The van der Waals surface area contributed by atoms with Crippen molar-refractivity contribution in [3.8, 4) is 5.75 Å². The van der Waals surface area contributed by atoms with Crippen molar-refractivity contribution < 1.29 is 28.9 Å². The highest BCUT2D eigenvalue weighted by Crippen LogP contribution is 2.29. The zero-order valence-corrected chi connectivity index (χ0v) is 15.6. The minimum Gasteiger partial charge on any atom is -0.490 e. The number of aliphatic hydroxyl groups excluding tert-OH is 1. The Morgan fingerprint density at radius 3 is 2.96 bits per heavy atom. The van der Waals surface area contributed by atoms with Gasteiger partial charge in [0.05, 0.1) is 30.5 Å². The van der Waals surface area contributed by atoms with Crippen molar-refractivity contribution in [2.24, 2.45) is 0 Å². The van der Waals surface area contributed by atoms with Gasteiger partial charge in [0, 0.05) is 19.0 Å². The summed E-state index contributed by atoms with van der Waals surface area (Å²) in [6.45, 7) is 1.37. The normalized spacial score (nSPS) is 29.6. The molecule has 0 aliphatic carbocycles. The summed E-state index contributed by atoms with van der Waals surface area (Å²) in [5.41, 5.74) is -0.822. The zero-order chi connectivity index (χ0) is 18.0. The van der Waals surface area contributed by atoms with E-state index in [9.17, 15) is 19.4 Å². The van der Waals surface area contributed by atoms with Crippen LogP contribution in [0.25, 0.3) is 0 Å². The van der Waals surface area contributed by atoms with Crippen LogP contribution in [0.3, 0.4) is 0 Å². The lowest BCUT2D eigenvalue weighted by atomic mass is 9.87. The van der Waals surface area contributed by atoms with Gasteiger partial charge in [-0.05, 0) is 47.7 Å². The van der Waals surface area contributed by atoms with Crippen LogP contribution in [0.15, 0.2) is 18.2 Å². The van der Waals surface area contributed by atoms with Crippen molar-refractivity contribution in [1.29, 1.82) is 0 Å². The number of piperidine rings is 1. The number of rotatable bonds is 5. The molecule has 3 N–H and O–H groups in total. The number of anilines is 1. The Hall–Kier alpha value is -1.17. The van der Waals surface area contributed by atoms with E-state index in [1.54, 1.807) is 6.07 Å². The Balaban J connectivity index is 1.59. The molecule has 0 bridgehead atoms. The summed E-state index contributed by atoms with van der Waals surface area (Å²) in [5.74, 6) is -0.561. The molecule has 1 aromatic rings. The quantitative estimate of drug-likeness (QED) is 0.449. The summed E-state index contributed by atoms with van der Waals surface area (Å²) in [7, 11) is 0. The van der Waals surface area contributed by atoms with Gasteiger partial charge in [-0.25, -0.2) is 9.18 Å². The van der Waals surface area contributed by atoms with Gasteiger partial charge in [0.1, 0.15) is 0 Å². The molecule has 3 atom stereocenters. The molecule has 7 nitrogen and oxygen atoms in total. The summed E-state index contributed by atoms with van der Waals surface area (Å²) in [4.78, 5) is 13.0. The number of cyclic esters (lactones) is 1. The number of aliphatic hydroxyl groups is 2. The first kappa shape index (κ1) is 18.6. The van der Waals surface area contributed by atoms with Crippen LogP contribution in [0.4, 0.5) is 14.9 Å². The molecule has 2 saturated heterocycles. The summed E-state index contributed by atoms with van der Waals surface area (Å²) < 4.78 is 24.4. The molecular weight excluding hydrogens is 446 g/mol. The summed E-state index contributed by atoms with van der Waals surface area (Å²) in [6.07, 6.45) is -0.770. The Bertz CT molecular complexity index is 649. The maximum atomic E-state index is 14.2. The topological polar surface area (TPSA) is 91.3 Å². The number of halogens is 2. The Morgan fingerprint density at radius 1 is 1.52 bits per heavy atom. The molecule has 2 heterocycles. The van der Waals surface area contributed by atoms with Crippen molar-refractivity contribution in [2.45, 2.75) is 28.7 Å². The highest BCUT2D eigenvalue weighted by atomic mass is 127. The molecule has 3 rings (SSSR count). The van der Waals surface area contributed by atoms with Crippen molar-refractivity contribution >= 4 is 34.4 Å². The lowest BCUT2D eigenvalue weighted by Crippen LogP contribution is -2.54. The Labute approximate surface area is 158 Å². The van der Waals surface area contributed by atoms with Crippen LogP contribution in [0.2, 0.25) is 0 Å². The minimum absolute atomic E-state index is 0.0364. The summed E-state index contributed by atoms with van der Waals surface area (Å²) >= 11 is 2.00. The smallest absolute Gasteiger partial charge is 0.415 e. The maximum Gasteiger partial charge on any atom is 0.415 e. The number of carbonyl (C=O) groups is 1. The first-order chi connectivity index (χ1) is 11.9. The third-order valence-electron chi connectivity index (χ3n) is 4.49. The molecule has 2 fully saturated rings. The van der Waals surface area contributed by atoms with Crippen LogP contribution in [0.5, 0.6) is 5.75 Å². The molecule has 2 aliphatic rings. The molecule has 1 aromatic carbocycles. The van der Waals surface area contributed by atoms with Crippen molar-refractivity contribution in [3.05, 3.63) is 24.0 Å². The van der Waals surface area contributed by atoms with Gasteiger partial charge < -0.3 is 25.0 Å². The van der Waals surface area contributed by atoms with E-state index in [-0.39, 0.29) is 22.9 Å². The predicted molar refractivity (Wildman–Crippen MR) is 96.6 cm³/mol. The Kier molecular flexibility index (Phi) is 5.66. The predicted octanol–water partition coefficient (Wildman–Crippen LogP) is 1.40. The summed E-state index contributed by atoms with van der Waals surface area (Å²) in [5, 5.41) is 23.3. The number of carbonyl (C=O) groups excluding carboxylic acids is 1. The number of alkyl halides is 1. The third kappa shape index (κ3) is 4.15. The van der Waals surface area contributed by atoms with E-state index in [1.165, 1.54) is 17.0 Å². The fourth-order valence-corrected chi connectivity index (χ4v) is 3.55. The first-order valence-electron chi connectivity index (χ1n) is 8.05. The number of hydrogen-bond donors (Lipinski definition) is 3. The van der Waals surface area contributed by atoms with E-state index >= 15 is 0 Å². The summed E-state index contributed by atoms with van der Waals surface area (Å²) in [6, 6.07) is 4.25. The minimum atomic E-state index is -1.23. The van der Waals surface area contributed by atoms with E-state index in [0.29, 0.717) is 31.7 Å². The molecule has 0 radical (unpaired) electrons. The molecule has 138 valence electrons. The lowest BCUT2D eigenvalue weighted by Gasteiger charge is -2.37. The highest BCUT2D eigenvalue weighted by Gasteiger charge is 2.37. The van der Waals surface area contributed by atoms with E-state index < -0.39 is 23.6 Å². The molecule has 2 aliphatic heterocycles. The molecule has 0 aromatic heterocycles. The van der Waals surface area contributed by atoms with E-state index in [4.69, 9.17) is 9.47 Å². The number of benzene rings is 1. The molecule has 9 heteroatoms. The number of nitrogens with one attached hydrogen (secondary N) is 1. The van der Waals surface area contributed by atoms with Gasteiger partial charge in [0.25, 0.3) is 0 Å². The second-order valence-electron chi connectivity index (χ2n) is 6.19. The van der Waals surface area contributed by atoms with Crippen LogP contribution in [0.1, 0.15) is 12.8 Å². The van der Waals surface area contributed by atoms with E-state index in [1.807, 2.05) is 22.6 Å². The lowest BCUT2D eigenvalue weighted by molar-refractivity contribution is -0.102. The van der Waals surface area contributed by atoms with Crippen LogP contribution in [0, 0.1) is 5.82 Å². The van der Waals surface area contributed by atoms with Crippen LogP contribution < -0.4 is 15.0 Å². The average molecular weight is 466 g/mol. The molecule has 25 heavy (non-hydrogen) atoms. The maximum absolute atomic E-state index is 14.2. The highest BCUT2D eigenvalue weighted by molar-refractivity contribution is 14.1. The standard InChI is InChI=1S/C16H20FIN2O5/c17-11-7-10(20-9-14(18)25-15(20)22)1-2-12(11)24-6-4-16(23)3-5-19-8-13(16)21/h1-2,7,13-14,19,21,23H,3-6,8-9H2/t13-,14+,16-/m0/s1. The number of hydrogen-bond acceptors (Lipinski definition) is 6. The SMILES string of the molecule is O=C1O[C@@H](I)CN1c1ccc(OCC[C@@]2(O)CCNC[C@@H]2O)c(F)c1. The van der Waals surface area contributed by atoms with Gasteiger partial charge in [0.15, 0.2) is 15.7 Å². The Morgan fingerprint density at radius 2 is 2.32 bits per heavy atom. The largest absolute Gasteiger partial charge is 0.490 e. The van der Waals surface area contributed by atoms with Crippen molar-refractivity contribution in [2.75, 3.05) is 31.1 Å². The number of β-amino-alcohol motifs (C(OH)–C–C–N with tert-alkyl or cyclic N) is 1. The van der Waals surface area contributed by atoms with Crippen molar-refractivity contribution in [1.82, 2.24) is 5.32 Å². The van der Waals surface area contributed by atoms with Crippen LogP contribution in [-0.4, -0.2) is 58.4 Å².